The van der Waals surface area contributed by atoms with Crippen molar-refractivity contribution < 1.29 is 14.7 Å². The Morgan fingerprint density at radius 2 is 1.86 bits per heavy atom. The normalized spacial score (nSPS) is 15.1. The van der Waals surface area contributed by atoms with Gasteiger partial charge in [0.2, 0.25) is 5.91 Å². The third kappa shape index (κ3) is 3.87. The van der Waals surface area contributed by atoms with Crippen LogP contribution in [0.1, 0.15) is 18.4 Å². The van der Waals surface area contributed by atoms with Crippen LogP contribution in [0.15, 0.2) is 18.2 Å². The predicted octanol–water partition coefficient (Wildman–Crippen LogP) is 1.09. The zero-order chi connectivity index (χ0) is 15.4. The average molecular weight is 291 g/mol. The lowest BCUT2D eigenvalue weighted by Gasteiger charge is -2.36. The number of aryl methyl sites for hydroxylation is 1. The van der Waals surface area contributed by atoms with E-state index in [1.807, 2.05) is 25.1 Å². The third-order valence-electron chi connectivity index (χ3n) is 3.81. The highest BCUT2D eigenvalue weighted by atomic mass is 16.4. The van der Waals surface area contributed by atoms with Crippen molar-refractivity contribution in [1.29, 1.82) is 0 Å². The van der Waals surface area contributed by atoms with Crippen LogP contribution in [0.25, 0.3) is 0 Å². The lowest BCUT2D eigenvalue weighted by atomic mass is 10.1. The first-order valence-corrected chi connectivity index (χ1v) is 7.08. The van der Waals surface area contributed by atoms with Crippen LogP contribution in [-0.2, 0) is 9.59 Å². The van der Waals surface area contributed by atoms with Gasteiger partial charge in [-0.3, -0.25) is 9.59 Å². The lowest BCUT2D eigenvalue weighted by Crippen LogP contribution is -2.48. The average Bonchev–Trinajstić information content (AvgIpc) is 2.48. The molecular formula is C15H21N3O3. The number of nitrogens with zero attached hydrogens (tertiary/aromatic N) is 2. The minimum Gasteiger partial charge on any atom is -0.481 e. The second-order valence-electron chi connectivity index (χ2n) is 5.30. The number of hydrogen-bond acceptors (Lipinski definition) is 4. The summed E-state index contributed by atoms with van der Waals surface area (Å²) in [5, 5.41) is 8.61. The number of carboxylic acid groups (broad SMARTS) is 1. The minimum absolute atomic E-state index is 0.0762. The molecule has 0 radical (unpaired) electrons. The molecule has 1 aromatic rings. The van der Waals surface area contributed by atoms with Gasteiger partial charge >= 0.3 is 5.97 Å². The molecule has 1 amide bonds. The number of benzene rings is 1. The molecule has 0 aromatic heterocycles. The maximum absolute atomic E-state index is 11.9. The number of carboxylic acids is 1. The van der Waals surface area contributed by atoms with Gasteiger partial charge in [0.15, 0.2) is 0 Å². The Balaban J connectivity index is 1.89. The third-order valence-corrected chi connectivity index (χ3v) is 3.81. The summed E-state index contributed by atoms with van der Waals surface area (Å²) >= 11 is 0. The quantitative estimate of drug-likeness (QED) is 0.811. The van der Waals surface area contributed by atoms with E-state index in [4.69, 9.17) is 10.8 Å². The maximum atomic E-state index is 11.9. The van der Waals surface area contributed by atoms with Crippen LogP contribution < -0.4 is 10.6 Å². The SMILES string of the molecule is Cc1ccc(N2CCN(C(=O)CCC(=O)O)CC2)cc1N. The summed E-state index contributed by atoms with van der Waals surface area (Å²) in [6.45, 7) is 4.68. The number of carbonyl (C=O) groups excluding carboxylic acids is 1. The van der Waals surface area contributed by atoms with Gasteiger partial charge in [-0.25, -0.2) is 0 Å². The zero-order valence-electron chi connectivity index (χ0n) is 12.2. The zero-order valence-corrected chi connectivity index (χ0v) is 12.2. The van der Waals surface area contributed by atoms with Gasteiger partial charge in [0.1, 0.15) is 0 Å². The van der Waals surface area contributed by atoms with Crippen molar-refractivity contribution in [2.45, 2.75) is 19.8 Å². The molecule has 3 N–H and O–H groups in total. The molecule has 21 heavy (non-hydrogen) atoms. The molecule has 1 aromatic carbocycles. The number of rotatable bonds is 4. The van der Waals surface area contributed by atoms with Gasteiger partial charge in [0.05, 0.1) is 6.42 Å². The summed E-state index contributed by atoms with van der Waals surface area (Å²) < 4.78 is 0. The fourth-order valence-electron chi connectivity index (χ4n) is 2.41. The first-order chi connectivity index (χ1) is 9.97. The van der Waals surface area contributed by atoms with E-state index in [-0.39, 0.29) is 18.7 Å². The molecule has 0 saturated carbocycles. The van der Waals surface area contributed by atoms with E-state index in [0.29, 0.717) is 13.1 Å². The van der Waals surface area contributed by atoms with Crippen LogP contribution in [0.5, 0.6) is 0 Å². The monoisotopic (exact) mass is 291 g/mol. The molecule has 1 heterocycles. The first kappa shape index (κ1) is 15.2. The largest absolute Gasteiger partial charge is 0.481 e. The molecule has 1 fully saturated rings. The molecule has 0 aliphatic carbocycles. The van der Waals surface area contributed by atoms with E-state index in [9.17, 15) is 9.59 Å². The van der Waals surface area contributed by atoms with Crippen LogP contribution in [0.3, 0.4) is 0 Å². The fourth-order valence-corrected chi connectivity index (χ4v) is 2.41. The van der Waals surface area contributed by atoms with E-state index < -0.39 is 5.97 Å². The molecule has 114 valence electrons. The van der Waals surface area contributed by atoms with E-state index in [0.717, 1.165) is 30.0 Å². The Labute approximate surface area is 124 Å². The van der Waals surface area contributed by atoms with E-state index >= 15 is 0 Å². The topological polar surface area (TPSA) is 86.9 Å². The number of nitrogens with two attached hydrogens (primary N) is 1. The molecule has 2 rings (SSSR count). The van der Waals surface area contributed by atoms with Crippen molar-refractivity contribution in [3.63, 3.8) is 0 Å². The number of amides is 1. The maximum Gasteiger partial charge on any atom is 0.303 e. The highest BCUT2D eigenvalue weighted by Crippen LogP contribution is 2.22. The van der Waals surface area contributed by atoms with Crippen LogP contribution in [0.2, 0.25) is 0 Å². The lowest BCUT2D eigenvalue weighted by molar-refractivity contribution is -0.141. The standard InChI is InChI=1S/C15H21N3O3/c1-11-2-3-12(10-13(11)16)17-6-8-18(9-7-17)14(19)4-5-15(20)21/h2-3,10H,4-9,16H2,1H3,(H,20,21). The summed E-state index contributed by atoms with van der Waals surface area (Å²) in [6.07, 6.45) is -0.0274. The number of carbonyl (C=O) groups is 2. The highest BCUT2D eigenvalue weighted by Gasteiger charge is 2.21. The van der Waals surface area contributed by atoms with Gasteiger partial charge in [0.25, 0.3) is 0 Å². The van der Waals surface area contributed by atoms with Gasteiger partial charge < -0.3 is 20.6 Å². The number of nitrogen functional groups attached to an aromatic ring is 1. The molecule has 6 nitrogen and oxygen atoms in total. The van der Waals surface area contributed by atoms with Crippen molar-refractivity contribution in [3.05, 3.63) is 23.8 Å². The Morgan fingerprint density at radius 1 is 1.19 bits per heavy atom. The second-order valence-corrected chi connectivity index (χ2v) is 5.30. The van der Waals surface area contributed by atoms with Crippen LogP contribution in [-0.4, -0.2) is 48.1 Å². The van der Waals surface area contributed by atoms with E-state index in [1.54, 1.807) is 4.90 Å². The number of hydrogen-bond donors (Lipinski definition) is 2. The Kier molecular flexibility index (Phi) is 4.67. The van der Waals surface area contributed by atoms with E-state index in [1.165, 1.54) is 0 Å². The molecule has 0 spiro atoms. The Morgan fingerprint density at radius 3 is 2.43 bits per heavy atom. The fraction of sp³-hybridized carbons (Fsp3) is 0.467. The van der Waals surface area contributed by atoms with Crippen molar-refractivity contribution >= 4 is 23.3 Å². The number of aliphatic carboxylic acids is 1. The molecule has 1 aliphatic rings. The molecule has 6 heteroatoms. The second kappa shape index (κ2) is 6.47. The van der Waals surface area contributed by atoms with Crippen molar-refractivity contribution in [2.24, 2.45) is 0 Å². The summed E-state index contributed by atoms with van der Waals surface area (Å²) in [5.74, 6) is -1.02. The van der Waals surface area contributed by atoms with Crippen molar-refractivity contribution in [2.75, 3.05) is 36.8 Å². The summed E-state index contributed by atoms with van der Waals surface area (Å²) in [7, 11) is 0. The summed E-state index contributed by atoms with van der Waals surface area (Å²) in [5.41, 5.74) is 8.82. The van der Waals surface area contributed by atoms with Gasteiger partial charge in [-0.15, -0.1) is 0 Å². The summed E-state index contributed by atoms with van der Waals surface area (Å²) in [6, 6.07) is 5.99. The number of piperazine rings is 1. The summed E-state index contributed by atoms with van der Waals surface area (Å²) in [4.78, 5) is 26.3. The Bertz CT molecular complexity index is 537. The van der Waals surface area contributed by atoms with Crippen LogP contribution >= 0.6 is 0 Å². The van der Waals surface area contributed by atoms with Crippen molar-refractivity contribution in [3.8, 4) is 0 Å². The molecule has 1 aliphatic heterocycles. The molecule has 0 unspecified atom stereocenters. The highest BCUT2D eigenvalue weighted by molar-refractivity contribution is 5.81. The predicted molar refractivity (Wildman–Crippen MR) is 81.3 cm³/mol. The van der Waals surface area contributed by atoms with Crippen molar-refractivity contribution in [1.82, 2.24) is 4.90 Å². The van der Waals surface area contributed by atoms with Gasteiger partial charge in [-0.1, -0.05) is 6.07 Å². The molecule has 1 saturated heterocycles. The van der Waals surface area contributed by atoms with E-state index in [2.05, 4.69) is 4.90 Å². The van der Waals surface area contributed by atoms with Gasteiger partial charge in [0, 0.05) is 44.0 Å². The smallest absolute Gasteiger partial charge is 0.303 e. The molecule has 0 atom stereocenters. The number of anilines is 2. The molecular weight excluding hydrogens is 270 g/mol. The van der Waals surface area contributed by atoms with Crippen LogP contribution in [0.4, 0.5) is 11.4 Å². The first-order valence-electron chi connectivity index (χ1n) is 7.08. The van der Waals surface area contributed by atoms with Gasteiger partial charge in [-0.05, 0) is 24.6 Å². The minimum atomic E-state index is -0.933. The Hall–Kier alpha value is -2.24. The molecule has 0 bridgehead atoms. The van der Waals surface area contributed by atoms with Gasteiger partial charge in [-0.2, -0.15) is 0 Å². The van der Waals surface area contributed by atoms with Crippen LogP contribution in [0, 0.1) is 6.92 Å².